The summed E-state index contributed by atoms with van der Waals surface area (Å²) in [4.78, 5) is 14.4. The number of halogens is 2. The molecule has 23 heavy (non-hydrogen) atoms. The van der Waals surface area contributed by atoms with E-state index in [0.717, 1.165) is 57.4 Å². The molecule has 5 heteroatoms. The Labute approximate surface area is 144 Å². The molecule has 1 N–H and O–H groups in total. The van der Waals surface area contributed by atoms with Crippen molar-refractivity contribution in [2.24, 2.45) is 5.92 Å². The predicted octanol–water partition coefficient (Wildman–Crippen LogP) is 3.59. The maximum atomic E-state index is 14.2. The van der Waals surface area contributed by atoms with E-state index < -0.39 is 0 Å². The molecule has 1 aromatic rings. The first-order valence-corrected chi connectivity index (χ1v) is 8.44. The van der Waals surface area contributed by atoms with Crippen LogP contribution in [-0.4, -0.2) is 37.0 Å². The van der Waals surface area contributed by atoms with Gasteiger partial charge in [0.15, 0.2) is 0 Å². The number of carbonyl (C=O) groups is 1. The van der Waals surface area contributed by atoms with Crippen LogP contribution in [0, 0.1) is 11.7 Å². The van der Waals surface area contributed by atoms with Gasteiger partial charge in [0.05, 0.1) is 5.56 Å². The lowest BCUT2D eigenvalue weighted by atomic mass is 9.89. The number of piperidine rings is 2. The van der Waals surface area contributed by atoms with E-state index in [2.05, 4.69) is 12.2 Å². The number of carbonyl (C=O) groups excluding carboxylic acids is 1. The molecule has 128 valence electrons. The maximum absolute atomic E-state index is 14.2. The first-order valence-electron chi connectivity index (χ1n) is 8.44. The lowest BCUT2D eigenvalue weighted by Gasteiger charge is -2.31. The lowest BCUT2D eigenvalue weighted by molar-refractivity contribution is 0.0692. The molecule has 2 aliphatic rings. The number of nitrogens with zero attached hydrogens (tertiary/aromatic N) is 1. The van der Waals surface area contributed by atoms with Gasteiger partial charge in [-0.05, 0) is 68.3 Å². The van der Waals surface area contributed by atoms with E-state index in [0.29, 0.717) is 11.8 Å². The molecule has 0 aromatic heterocycles. The number of likely N-dealkylation sites (tertiary alicyclic amines) is 1. The predicted molar refractivity (Wildman–Crippen MR) is 92.8 cm³/mol. The number of benzene rings is 1. The van der Waals surface area contributed by atoms with Crippen molar-refractivity contribution in [2.45, 2.75) is 38.5 Å². The molecule has 0 spiro atoms. The molecule has 0 radical (unpaired) electrons. The first-order chi connectivity index (χ1) is 10.6. The summed E-state index contributed by atoms with van der Waals surface area (Å²) in [6.45, 7) is 5.69. The summed E-state index contributed by atoms with van der Waals surface area (Å²) >= 11 is 0. The van der Waals surface area contributed by atoms with Crippen molar-refractivity contribution in [1.29, 1.82) is 0 Å². The molecule has 2 aliphatic heterocycles. The van der Waals surface area contributed by atoms with Crippen molar-refractivity contribution in [1.82, 2.24) is 10.2 Å². The molecule has 3 rings (SSSR count). The molecule has 0 saturated carbocycles. The average Bonchev–Trinajstić information content (AvgIpc) is 2.56. The number of hydrogen-bond donors (Lipinski definition) is 1. The zero-order chi connectivity index (χ0) is 15.5. The zero-order valence-corrected chi connectivity index (χ0v) is 14.5. The van der Waals surface area contributed by atoms with Crippen LogP contribution in [0.5, 0.6) is 0 Å². The highest BCUT2D eigenvalue weighted by atomic mass is 35.5. The van der Waals surface area contributed by atoms with E-state index in [4.69, 9.17) is 0 Å². The summed E-state index contributed by atoms with van der Waals surface area (Å²) < 4.78 is 14.2. The summed E-state index contributed by atoms with van der Waals surface area (Å²) in [6.07, 6.45) is 4.14. The highest BCUT2D eigenvalue weighted by Gasteiger charge is 2.25. The summed E-state index contributed by atoms with van der Waals surface area (Å²) in [5.74, 6) is 0.575. The molecule has 0 unspecified atom stereocenters. The summed E-state index contributed by atoms with van der Waals surface area (Å²) in [7, 11) is 0. The van der Waals surface area contributed by atoms with Gasteiger partial charge >= 0.3 is 0 Å². The Morgan fingerprint density at radius 1 is 1.17 bits per heavy atom. The summed E-state index contributed by atoms with van der Waals surface area (Å²) in [5.41, 5.74) is 1.36. The number of amides is 1. The molecule has 2 saturated heterocycles. The Bertz CT molecular complexity index is 538. The minimum Gasteiger partial charge on any atom is -0.339 e. The molecule has 2 heterocycles. The monoisotopic (exact) mass is 340 g/mol. The normalized spacial score (nSPS) is 20.2. The second-order valence-electron chi connectivity index (χ2n) is 6.74. The molecule has 0 aliphatic carbocycles. The third-order valence-corrected chi connectivity index (χ3v) is 5.10. The van der Waals surface area contributed by atoms with Gasteiger partial charge in [-0.2, -0.15) is 0 Å². The van der Waals surface area contributed by atoms with Crippen LogP contribution in [0.1, 0.15) is 54.4 Å². The Morgan fingerprint density at radius 3 is 2.48 bits per heavy atom. The molecule has 1 amide bonds. The Kier molecular flexibility index (Phi) is 6.42. The van der Waals surface area contributed by atoms with Gasteiger partial charge in [0.25, 0.3) is 5.91 Å². The Morgan fingerprint density at radius 2 is 1.83 bits per heavy atom. The van der Waals surface area contributed by atoms with Gasteiger partial charge in [-0.25, -0.2) is 4.39 Å². The van der Waals surface area contributed by atoms with Crippen molar-refractivity contribution >= 4 is 18.3 Å². The fourth-order valence-electron chi connectivity index (χ4n) is 3.50. The van der Waals surface area contributed by atoms with Gasteiger partial charge in [0, 0.05) is 13.1 Å². The Balaban J connectivity index is 0.00000192. The molecule has 2 fully saturated rings. The average molecular weight is 341 g/mol. The van der Waals surface area contributed by atoms with Crippen molar-refractivity contribution < 1.29 is 9.18 Å². The van der Waals surface area contributed by atoms with E-state index in [1.807, 2.05) is 11.0 Å². The SMILES string of the molecule is CC1CCN(C(=O)c2cc(C3CCNCC3)ccc2F)CC1.Cl. The third kappa shape index (κ3) is 4.24. The van der Waals surface area contributed by atoms with Gasteiger partial charge in [0.1, 0.15) is 5.82 Å². The van der Waals surface area contributed by atoms with Crippen LogP contribution in [0.2, 0.25) is 0 Å². The smallest absolute Gasteiger partial charge is 0.256 e. The van der Waals surface area contributed by atoms with E-state index in [1.54, 1.807) is 6.07 Å². The second kappa shape index (κ2) is 8.11. The quantitative estimate of drug-likeness (QED) is 0.892. The molecule has 0 bridgehead atoms. The summed E-state index contributed by atoms with van der Waals surface area (Å²) in [6, 6.07) is 5.11. The number of rotatable bonds is 2. The molecule has 0 atom stereocenters. The molecule has 1 aromatic carbocycles. The first kappa shape index (κ1) is 18.2. The molecular weight excluding hydrogens is 315 g/mol. The third-order valence-electron chi connectivity index (χ3n) is 5.10. The highest BCUT2D eigenvalue weighted by Crippen LogP contribution is 2.28. The largest absolute Gasteiger partial charge is 0.339 e. The molecular formula is C18H26ClFN2O. The highest BCUT2D eigenvalue weighted by molar-refractivity contribution is 5.94. The minimum atomic E-state index is -0.388. The van der Waals surface area contributed by atoms with Crippen LogP contribution in [0.4, 0.5) is 4.39 Å². The maximum Gasteiger partial charge on any atom is 0.256 e. The number of hydrogen-bond acceptors (Lipinski definition) is 2. The zero-order valence-electron chi connectivity index (χ0n) is 13.7. The standard InChI is InChI=1S/C18H25FN2O.ClH/c1-13-6-10-21(11-7-13)18(22)16-12-15(2-3-17(16)19)14-4-8-20-9-5-14;/h2-3,12-14,20H,4-11H2,1H3;1H. The van der Waals surface area contributed by atoms with E-state index in [1.165, 1.54) is 6.07 Å². The van der Waals surface area contributed by atoms with Gasteiger partial charge in [-0.1, -0.05) is 13.0 Å². The van der Waals surface area contributed by atoms with Crippen molar-refractivity contribution in [3.8, 4) is 0 Å². The van der Waals surface area contributed by atoms with Crippen LogP contribution in [0.3, 0.4) is 0 Å². The van der Waals surface area contributed by atoms with Gasteiger partial charge in [-0.15, -0.1) is 12.4 Å². The van der Waals surface area contributed by atoms with Crippen molar-refractivity contribution in [3.63, 3.8) is 0 Å². The van der Waals surface area contributed by atoms with E-state index in [-0.39, 0.29) is 29.7 Å². The van der Waals surface area contributed by atoms with Gasteiger partial charge in [-0.3, -0.25) is 4.79 Å². The fourth-order valence-corrected chi connectivity index (χ4v) is 3.50. The Hall–Kier alpha value is -1.13. The van der Waals surface area contributed by atoms with E-state index in [9.17, 15) is 9.18 Å². The van der Waals surface area contributed by atoms with Crippen LogP contribution < -0.4 is 5.32 Å². The van der Waals surface area contributed by atoms with Crippen molar-refractivity contribution in [2.75, 3.05) is 26.2 Å². The van der Waals surface area contributed by atoms with Crippen LogP contribution in [-0.2, 0) is 0 Å². The van der Waals surface area contributed by atoms with Gasteiger partial charge in [0.2, 0.25) is 0 Å². The fraction of sp³-hybridized carbons (Fsp3) is 0.611. The minimum absolute atomic E-state index is 0. The van der Waals surface area contributed by atoms with E-state index >= 15 is 0 Å². The number of nitrogens with one attached hydrogen (secondary N) is 1. The van der Waals surface area contributed by atoms with Crippen molar-refractivity contribution in [3.05, 3.63) is 35.1 Å². The van der Waals surface area contributed by atoms with Crippen LogP contribution >= 0.6 is 12.4 Å². The topological polar surface area (TPSA) is 32.3 Å². The lowest BCUT2D eigenvalue weighted by Crippen LogP contribution is -2.38. The molecule has 3 nitrogen and oxygen atoms in total. The summed E-state index contributed by atoms with van der Waals surface area (Å²) in [5, 5.41) is 3.34. The van der Waals surface area contributed by atoms with Gasteiger partial charge < -0.3 is 10.2 Å². The van der Waals surface area contributed by atoms with Crippen LogP contribution in [0.15, 0.2) is 18.2 Å². The second-order valence-corrected chi connectivity index (χ2v) is 6.74. The van der Waals surface area contributed by atoms with Crippen LogP contribution in [0.25, 0.3) is 0 Å².